The van der Waals surface area contributed by atoms with Gasteiger partial charge in [0, 0.05) is 12.1 Å². The molecule has 1 fully saturated rings. The van der Waals surface area contributed by atoms with E-state index in [0.29, 0.717) is 12.1 Å². The molecular weight excluding hydrogens is 241 g/mol. The molecule has 17 heavy (non-hydrogen) atoms. The molecule has 0 amide bonds. The summed E-state index contributed by atoms with van der Waals surface area (Å²) in [4.78, 5) is 13.0. The van der Waals surface area contributed by atoms with Crippen LogP contribution < -0.4 is 0 Å². The van der Waals surface area contributed by atoms with Gasteiger partial charge in [-0.1, -0.05) is 30.2 Å². The van der Waals surface area contributed by atoms with Crippen LogP contribution in [-0.4, -0.2) is 23.8 Å². The predicted molar refractivity (Wildman–Crippen MR) is 65.5 cm³/mol. The van der Waals surface area contributed by atoms with E-state index in [9.17, 15) is 9.18 Å². The summed E-state index contributed by atoms with van der Waals surface area (Å²) in [6.45, 7) is 1.30. The van der Waals surface area contributed by atoms with Crippen LogP contribution in [0.3, 0.4) is 0 Å². The van der Waals surface area contributed by atoms with Crippen LogP contribution >= 0.6 is 11.6 Å². The van der Waals surface area contributed by atoms with Crippen LogP contribution in [0.2, 0.25) is 5.02 Å². The van der Waals surface area contributed by atoms with E-state index in [2.05, 4.69) is 0 Å². The molecule has 0 saturated carbocycles. The fraction of sp³-hybridized carbons (Fsp3) is 0.462. The standard InChI is InChI=1S/C13H15ClFNO/c14-12-6-3-4-10(13(12)15)8-16-7-2-1-5-11(16)9-17/h3-4,6,9,11H,1-2,5,7-8H2. The number of piperidine rings is 1. The zero-order chi connectivity index (χ0) is 12.3. The number of aldehydes is 1. The highest BCUT2D eigenvalue weighted by molar-refractivity contribution is 6.30. The number of carbonyl (C=O) groups excluding carboxylic acids is 1. The summed E-state index contributed by atoms with van der Waals surface area (Å²) in [6.07, 6.45) is 3.96. The van der Waals surface area contributed by atoms with E-state index in [-0.39, 0.29) is 16.9 Å². The number of hydrogen-bond acceptors (Lipinski definition) is 2. The molecule has 0 N–H and O–H groups in total. The van der Waals surface area contributed by atoms with Gasteiger partial charge in [0.05, 0.1) is 11.1 Å². The lowest BCUT2D eigenvalue weighted by atomic mass is 10.0. The second-order valence-corrected chi connectivity index (χ2v) is 4.79. The molecule has 1 aromatic rings. The lowest BCUT2D eigenvalue weighted by Gasteiger charge is -2.32. The number of benzene rings is 1. The first-order valence-electron chi connectivity index (χ1n) is 5.84. The Morgan fingerprint density at radius 3 is 3.06 bits per heavy atom. The molecule has 0 aromatic heterocycles. The maximum atomic E-state index is 13.7. The van der Waals surface area contributed by atoms with Gasteiger partial charge in [-0.2, -0.15) is 0 Å². The molecule has 2 nitrogen and oxygen atoms in total. The van der Waals surface area contributed by atoms with Gasteiger partial charge in [0.2, 0.25) is 0 Å². The molecule has 0 aliphatic carbocycles. The third-order valence-corrected chi connectivity index (χ3v) is 3.52. The molecule has 0 radical (unpaired) electrons. The largest absolute Gasteiger partial charge is 0.302 e. The van der Waals surface area contributed by atoms with E-state index in [0.717, 1.165) is 32.1 Å². The number of rotatable bonds is 3. The molecule has 1 aliphatic rings. The van der Waals surface area contributed by atoms with Crippen molar-refractivity contribution in [3.05, 3.63) is 34.6 Å². The maximum absolute atomic E-state index is 13.7. The second kappa shape index (κ2) is 5.61. The average molecular weight is 256 g/mol. The van der Waals surface area contributed by atoms with Gasteiger partial charge in [0.1, 0.15) is 12.1 Å². The minimum Gasteiger partial charge on any atom is -0.302 e. The van der Waals surface area contributed by atoms with E-state index < -0.39 is 0 Å². The molecule has 0 spiro atoms. The van der Waals surface area contributed by atoms with Gasteiger partial charge in [-0.15, -0.1) is 0 Å². The Bertz CT molecular complexity index is 410. The lowest BCUT2D eigenvalue weighted by molar-refractivity contribution is -0.113. The van der Waals surface area contributed by atoms with E-state index in [4.69, 9.17) is 11.6 Å². The number of hydrogen-bond donors (Lipinski definition) is 0. The van der Waals surface area contributed by atoms with Crippen LogP contribution in [0.4, 0.5) is 4.39 Å². The van der Waals surface area contributed by atoms with E-state index in [1.165, 1.54) is 6.07 Å². The second-order valence-electron chi connectivity index (χ2n) is 4.38. The Morgan fingerprint density at radius 2 is 2.29 bits per heavy atom. The first-order valence-corrected chi connectivity index (χ1v) is 6.22. The van der Waals surface area contributed by atoms with Crippen molar-refractivity contribution in [1.29, 1.82) is 0 Å². The Kier molecular flexibility index (Phi) is 4.13. The number of halogens is 2. The monoisotopic (exact) mass is 255 g/mol. The molecule has 1 aromatic carbocycles. The van der Waals surface area contributed by atoms with Crippen LogP contribution in [0, 0.1) is 5.82 Å². The van der Waals surface area contributed by atoms with Crippen LogP contribution in [0.1, 0.15) is 24.8 Å². The highest BCUT2D eigenvalue weighted by Crippen LogP contribution is 2.22. The first kappa shape index (κ1) is 12.5. The topological polar surface area (TPSA) is 20.3 Å². The van der Waals surface area contributed by atoms with Crippen molar-refractivity contribution in [3.63, 3.8) is 0 Å². The predicted octanol–water partition coefficient (Wildman–Crippen LogP) is 3.03. The lowest BCUT2D eigenvalue weighted by Crippen LogP contribution is -2.40. The zero-order valence-electron chi connectivity index (χ0n) is 9.53. The summed E-state index contributed by atoms with van der Waals surface area (Å²) in [5.41, 5.74) is 0.561. The number of likely N-dealkylation sites (tertiary alicyclic amines) is 1. The van der Waals surface area contributed by atoms with Gasteiger partial charge >= 0.3 is 0 Å². The van der Waals surface area contributed by atoms with E-state index >= 15 is 0 Å². The van der Waals surface area contributed by atoms with E-state index in [1.54, 1.807) is 12.1 Å². The summed E-state index contributed by atoms with van der Waals surface area (Å²) < 4.78 is 13.7. The van der Waals surface area contributed by atoms with Crippen molar-refractivity contribution in [2.45, 2.75) is 31.8 Å². The van der Waals surface area contributed by atoms with Gasteiger partial charge < -0.3 is 4.79 Å². The Labute approximate surface area is 105 Å². The normalized spacial score (nSPS) is 21.4. The van der Waals surface area contributed by atoms with Crippen LogP contribution in [-0.2, 0) is 11.3 Å². The van der Waals surface area contributed by atoms with Crippen LogP contribution in [0.5, 0.6) is 0 Å². The highest BCUT2D eigenvalue weighted by atomic mass is 35.5. The SMILES string of the molecule is O=CC1CCCCN1Cc1cccc(Cl)c1F. The number of nitrogens with zero attached hydrogens (tertiary/aromatic N) is 1. The van der Waals surface area contributed by atoms with Crippen molar-refractivity contribution < 1.29 is 9.18 Å². The van der Waals surface area contributed by atoms with Gasteiger partial charge in [-0.3, -0.25) is 4.90 Å². The third kappa shape index (κ3) is 2.85. The minimum absolute atomic E-state index is 0.0814. The molecule has 1 atom stereocenters. The van der Waals surface area contributed by atoms with Crippen molar-refractivity contribution >= 4 is 17.9 Å². The van der Waals surface area contributed by atoms with Gasteiger partial charge in [-0.25, -0.2) is 4.39 Å². The average Bonchev–Trinajstić information content (AvgIpc) is 2.35. The molecular formula is C13H15ClFNO. The number of carbonyl (C=O) groups is 1. The maximum Gasteiger partial charge on any atom is 0.146 e. The van der Waals surface area contributed by atoms with Crippen molar-refractivity contribution in [2.75, 3.05) is 6.54 Å². The Hall–Kier alpha value is -0.930. The Morgan fingerprint density at radius 1 is 1.47 bits per heavy atom. The van der Waals surface area contributed by atoms with Gasteiger partial charge in [0.25, 0.3) is 0 Å². The summed E-state index contributed by atoms with van der Waals surface area (Å²) in [5, 5.41) is 0.141. The zero-order valence-corrected chi connectivity index (χ0v) is 10.3. The molecule has 1 aliphatic heterocycles. The fourth-order valence-electron chi connectivity index (χ4n) is 2.26. The smallest absolute Gasteiger partial charge is 0.146 e. The molecule has 1 unspecified atom stereocenters. The quantitative estimate of drug-likeness (QED) is 0.774. The van der Waals surface area contributed by atoms with Crippen molar-refractivity contribution in [2.24, 2.45) is 0 Å². The Balaban J connectivity index is 2.13. The minimum atomic E-state index is -0.371. The molecule has 2 rings (SSSR count). The van der Waals surface area contributed by atoms with Gasteiger partial charge in [-0.05, 0) is 25.5 Å². The fourth-order valence-corrected chi connectivity index (χ4v) is 2.45. The van der Waals surface area contributed by atoms with Crippen LogP contribution in [0.25, 0.3) is 0 Å². The van der Waals surface area contributed by atoms with Crippen molar-refractivity contribution in [3.8, 4) is 0 Å². The molecule has 0 bridgehead atoms. The first-order chi connectivity index (χ1) is 8.22. The molecule has 4 heteroatoms. The molecule has 92 valence electrons. The van der Waals surface area contributed by atoms with Crippen LogP contribution in [0.15, 0.2) is 18.2 Å². The summed E-state index contributed by atoms with van der Waals surface area (Å²) in [6, 6.07) is 4.91. The summed E-state index contributed by atoms with van der Waals surface area (Å²) >= 11 is 5.74. The molecule has 1 heterocycles. The summed E-state index contributed by atoms with van der Waals surface area (Å²) in [5.74, 6) is -0.371. The highest BCUT2D eigenvalue weighted by Gasteiger charge is 2.22. The third-order valence-electron chi connectivity index (χ3n) is 3.23. The van der Waals surface area contributed by atoms with Gasteiger partial charge in [0.15, 0.2) is 0 Å². The van der Waals surface area contributed by atoms with Crippen molar-refractivity contribution in [1.82, 2.24) is 4.90 Å². The summed E-state index contributed by atoms with van der Waals surface area (Å²) in [7, 11) is 0. The van der Waals surface area contributed by atoms with E-state index in [1.807, 2.05) is 4.90 Å². The molecule has 1 saturated heterocycles.